The second-order valence-electron chi connectivity index (χ2n) is 5.00. The molecule has 11 nitrogen and oxygen atoms in total. The minimum absolute atomic E-state index is 0.0393. The van der Waals surface area contributed by atoms with Crippen LogP contribution in [0.25, 0.3) is 5.65 Å². The Morgan fingerprint density at radius 1 is 1.19 bits per heavy atom. The Labute approximate surface area is 158 Å². The number of sulfonamides is 1. The van der Waals surface area contributed by atoms with E-state index >= 15 is 0 Å². The van der Waals surface area contributed by atoms with E-state index in [0.717, 1.165) is 0 Å². The van der Waals surface area contributed by atoms with Crippen LogP contribution in [0, 0.1) is 0 Å². The van der Waals surface area contributed by atoms with Crippen LogP contribution in [0.5, 0.6) is 11.8 Å². The lowest BCUT2D eigenvalue weighted by atomic mass is 10.5. The van der Waals surface area contributed by atoms with Crippen molar-refractivity contribution in [2.45, 2.75) is 5.03 Å². The van der Waals surface area contributed by atoms with Crippen LogP contribution in [0.1, 0.15) is 0 Å². The lowest BCUT2D eigenvalue weighted by Gasteiger charge is -2.19. The Hall–Kier alpha value is -3.12. The minimum Gasteiger partial charge on any atom is -0.481 e. The number of urea groups is 1. The molecular weight excluding hydrogens is 400 g/mol. The molecule has 0 fully saturated rings. The average Bonchev–Trinajstić information content (AvgIpc) is 2.97. The molecule has 0 atom stereocenters. The fraction of sp³-hybridized carbons (Fsp3) is 0.143. The number of anilines is 1. The predicted molar refractivity (Wildman–Crippen MR) is 94.6 cm³/mol. The molecule has 27 heavy (non-hydrogen) atoms. The summed E-state index contributed by atoms with van der Waals surface area (Å²) in [5.74, 6) is -0.647. The van der Waals surface area contributed by atoms with Gasteiger partial charge in [-0.25, -0.2) is 9.78 Å². The molecule has 3 aromatic rings. The number of amides is 2. The van der Waals surface area contributed by atoms with E-state index in [1.165, 1.54) is 30.9 Å². The molecule has 0 radical (unpaired) electrons. The van der Waals surface area contributed by atoms with Gasteiger partial charge >= 0.3 is 6.03 Å². The van der Waals surface area contributed by atoms with Gasteiger partial charge in [-0.3, -0.25) is 4.40 Å². The van der Waals surface area contributed by atoms with E-state index in [-0.39, 0.29) is 26.9 Å². The molecule has 2 N–H and O–H groups in total. The third-order valence-electron chi connectivity index (χ3n) is 3.40. The van der Waals surface area contributed by atoms with E-state index < -0.39 is 27.0 Å². The first-order valence-corrected chi connectivity index (χ1v) is 9.05. The Bertz CT molecular complexity index is 1110. The number of pyridine rings is 1. The predicted octanol–water partition coefficient (Wildman–Crippen LogP) is 1.07. The first-order valence-electron chi connectivity index (χ1n) is 7.24. The lowest BCUT2D eigenvalue weighted by molar-refractivity contribution is 0.256. The smallest absolute Gasteiger partial charge is 0.336 e. The summed E-state index contributed by atoms with van der Waals surface area (Å²) >= 11 is 6.03. The van der Waals surface area contributed by atoms with Crippen molar-refractivity contribution in [3.05, 3.63) is 35.6 Å². The zero-order valence-corrected chi connectivity index (χ0v) is 15.6. The fourth-order valence-electron chi connectivity index (χ4n) is 2.28. The van der Waals surface area contributed by atoms with Crippen molar-refractivity contribution < 1.29 is 22.7 Å². The number of hydrogen-bond acceptors (Lipinski definition) is 8. The largest absolute Gasteiger partial charge is 0.481 e. The molecule has 0 aliphatic carbocycles. The highest BCUT2D eigenvalue weighted by molar-refractivity contribution is 7.93. The third kappa shape index (κ3) is 3.19. The standard InChI is InChI=1S/C14H13ClN6O5S/c1-25-9-7-10(26-2)19-14(18-9)21(13(16)22)27(23,24)12-11(15)17-8-5-3-4-6-20(8)12/h3-7H,1-2H3,(H2,16,22). The molecule has 0 aromatic carbocycles. The van der Waals surface area contributed by atoms with Crippen molar-refractivity contribution in [1.82, 2.24) is 19.4 Å². The van der Waals surface area contributed by atoms with Crippen molar-refractivity contribution in [1.29, 1.82) is 0 Å². The number of hydrogen-bond donors (Lipinski definition) is 1. The van der Waals surface area contributed by atoms with Gasteiger partial charge < -0.3 is 15.2 Å². The summed E-state index contributed by atoms with van der Waals surface area (Å²) in [7, 11) is -2.02. The Morgan fingerprint density at radius 2 is 1.81 bits per heavy atom. The van der Waals surface area contributed by atoms with Crippen LogP contribution in [0.2, 0.25) is 5.15 Å². The molecule has 3 heterocycles. The highest BCUT2D eigenvalue weighted by Crippen LogP contribution is 2.29. The summed E-state index contributed by atoms with van der Waals surface area (Å²) in [4.78, 5) is 23.7. The molecule has 0 spiro atoms. The number of aromatic nitrogens is 4. The average molecular weight is 413 g/mol. The first-order chi connectivity index (χ1) is 12.8. The topological polar surface area (TPSA) is 142 Å². The van der Waals surface area contributed by atoms with Gasteiger partial charge in [0, 0.05) is 6.20 Å². The van der Waals surface area contributed by atoms with E-state index in [4.69, 9.17) is 26.8 Å². The summed E-state index contributed by atoms with van der Waals surface area (Å²) in [6, 6.07) is 4.72. The summed E-state index contributed by atoms with van der Waals surface area (Å²) in [6.07, 6.45) is 1.42. The number of nitrogens with zero attached hydrogens (tertiary/aromatic N) is 5. The Kier molecular flexibility index (Phi) is 4.76. The van der Waals surface area contributed by atoms with Crippen molar-refractivity contribution in [3.8, 4) is 11.8 Å². The molecule has 13 heteroatoms. The van der Waals surface area contributed by atoms with Crippen LogP contribution in [0.3, 0.4) is 0 Å². The first kappa shape index (κ1) is 18.7. The monoisotopic (exact) mass is 412 g/mol. The number of halogens is 1. The van der Waals surface area contributed by atoms with E-state index in [9.17, 15) is 13.2 Å². The summed E-state index contributed by atoms with van der Waals surface area (Å²) in [5.41, 5.74) is 5.57. The van der Waals surface area contributed by atoms with Crippen molar-refractivity contribution >= 4 is 39.3 Å². The van der Waals surface area contributed by atoms with E-state index in [1.54, 1.807) is 18.2 Å². The molecule has 0 unspecified atom stereocenters. The molecule has 0 aliphatic rings. The van der Waals surface area contributed by atoms with Crippen LogP contribution < -0.4 is 19.5 Å². The van der Waals surface area contributed by atoms with Gasteiger partial charge in [-0.05, 0) is 12.1 Å². The maximum atomic E-state index is 13.2. The number of carbonyl (C=O) groups is 1. The van der Waals surface area contributed by atoms with Gasteiger partial charge in [0.15, 0.2) is 10.2 Å². The molecule has 0 bridgehead atoms. The van der Waals surface area contributed by atoms with Gasteiger partial charge in [-0.2, -0.15) is 18.4 Å². The van der Waals surface area contributed by atoms with Crippen LogP contribution in [0.4, 0.5) is 10.7 Å². The number of fused-ring (bicyclic) bond motifs is 1. The van der Waals surface area contributed by atoms with Crippen molar-refractivity contribution in [2.24, 2.45) is 5.73 Å². The maximum Gasteiger partial charge on any atom is 0.336 e. The summed E-state index contributed by atoms with van der Waals surface area (Å²) < 4.78 is 37.7. The minimum atomic E-state index is -4.63. The van der Waals surface area contributed by atoms with Crippen molar-refractivity contribution in [3.63, 3.8) is 0 Å². The molecule has 142 valence electrons. The van der Waals surface area contributed by atoms with Crippen LogP contribution >= 0.6 is 11.6 Å². The number of ether oxygens (including phenoxy) is 2. The molecule has 0 aliphatic heterocycles. The third-order valence-corrected chi connectivity index (χ3v) is 5.48. The maximum absolute atomic E-state index is 13.2. The van der Waals surface area contributed by atoms with E-state index in [2.05, 4.69) is 15.0 Å². The SMILES string of the molecule is COc1cc(OC)nc(N(C(N)=O)S(=O)(=O)c2c(Cl)nc3ccccn23)n1. The van der Waals surface area contributed by atoms with E-state index in [0.29, 0.717) is 0 Å². The number of rotatable bonds is 5. The van der Waals surface area contributed by atoms with Crippen LogP contribution in [-0.2, 0) is 10.0 Å². The highest BCUT2D eigenvalue weighted by Gasteiger charge is 2.37. The quantitative estimate of drug-likeness (QED) is 0.655. The van der Waals surface area contributed by atoms with Crippen LogP contribution in [-0.4, -0.2) is 48.0 Å². The second-order valence-corrected chi connectivity index (χ2v) is 7.06. The lowest BCUT2D eigenvalue weighted by Crippen LogP contribution is -2.42. The molecule has 2 amide bonds. The van der Waals surface area contributed by atoms with Crippen molar-refractivity contribution in [2.75, 3.05) is 18.5 Å². The molecule has 0 saturated heterocycles. The number of carbonyl (C=O) groups excluding carboxylic acids is 1. The van der Waals surface area contributed by atoms with Gasteiger partial charge in [0.05, 0.1) is 20.3 Å². The Balaban J connectivity index is 2.26. The number of primary amides is 1. The van der Waals surface area contributed by atoms with Gasteiger partial charge in [0.2, 0.25) is 11.8 Å². The number of nitrogens with two attached hydrogens (primary N) is 1. The van der Waals surface area contributed by atoms with E-state index in [1.807, 2.05) is 0 Å². The number of methoxy groups -OCH3 is 2. The molecule has 0 saturated carbocycles. The van der Waals surface area contributed by atoms with Gasteiger partial charge in [0.1, 0.15) is 5.65 Å². The highest BCUT2D eigenvalue weighted by atomic mass is 35.5. The normalized spacial score (nSPS) is 11.4. The van der Waals surface area contributed by atoms with Gasteiger partial charge in [-0.1, -0.05) is 17.7 Å². The summed E-state index contributed by atoms with van der Waals surface area (Å²) in [5, 5.41) is -0.814. The molecule has 3 aromatic heterocycles. The zero-order chi connectivity index (χ0) is 19.8. The summed E-state index contributed by atoms with van der Waals surface area (Å²) in [6.45, 7) is 0. The fourth-order valence-corrected chi connectivity index (χ4v) is 4.12. The molecule has 3 rings (SSSR count). The zero-order valence-electron chi connectivity index (χ0n) is 14.0. The van der Waals surface area contributed by atoms with Gasteiger partial charge in [0.25, 0.3) is 16.0 Å². The molecular formula is C14H13ClN6O5S. The second kappa shape index (κ2) is 6.89. The van der Waals surface area contributed by atoms with Gasteiger partial charge in [-0.15, -0.1) is 4.31 Å². The number of imidazole rings is 1. The Morgan fingerprint density at radius 3 is 2.37 bits per heavy atom. The van der Waals surface area contributed by atoms with Crippen LogP contribution in [0.15, 0.2) is 35.5 Å².